The first-order valence-corrected chi connectivity index (χ1v) is 23.2. The third kappa shape index (κ3) is 8.62. The summed E-state index contributed by atoms with van der Waals surface area (Å²) in [6, 6.07) is 6.54. The van der Waals surface area contributed by atoms with E-state index in [1.807, 2.05) is 13.0 Å². The predicted octanol–water partition coefficient (Wildman–Crippen LogP) is 4.63. The van der Waals surface area contributed by atoms with E-state index in [0.717, 1.165) is 19.8 Å². The number of amides is 1. The van der Waals surface area contributed by atoms with Crippen molar-refractivity contribution in [3.05, 3.63) is 58.5 Å². The van der Waals surface area contributed by atoms with E-state index in [-0.39, 0.29) is 41.6 Å². The summed E-state index contributed by atoms with van der Waals surface area (Å²) in [4.78, 5) is 84.1. The number of hydrogen-bond donors (Lipinski definition) is 5. The fourth-order valence-corrected chi connectivity index (χ4v) is 12.2. The molecule has 3 unspecified atom stereocenters. The van der Waals surface area contributed by atoms with Crippen LogP contribution in [0, 0.1) is 22.7 Å². The quantitative estimate of drug-likeness (QED) is 0.109. The number of thioether (sulfide) groups is 1. The maximum absolute atomic E-state index is 15.7. The van der Waals surface area contributed by atoms with Crippen molar-refractivity contribution in [2.45, 2.75) is 172 Å². The van der Waals surface area contributed by atoms with Crippen molar-refractivity contribution in [2.24, 2.45) is 22.7 Å². The number of rotatable bonds is 12. The molecule has 5 N–H and O–H groups in total. The average molecular weight is 914 g/mol. The Balaban J connectivity index is 1.53. The van der Waals surface area contributed by atoms with Crippen LogP contribution in [-0.2, 0) is 42.9 Å². The van der Waals surface area contributed by atoms with Crippen LogP contribution in [0.1, 0.15) is 117 Å². The van der Waals surface area contributed by atoms with Crippen molar-refractivity contribution in [3.63, 3.8) is 0 Å². The summed E-state index contributed by atoms with van der Waals surface area (Å²) in [5.41, 5.74) is -8.31. The van der Waals surface area contributed by atoms with E-state index in [9.17, 15) is 44.4 Å². The third-order valence-corrected chi connectivity index (χ3v) is 16.0. The minimum Gasteiger partial charge on any atom is -0.456 e. The summed E-state index contributed by atoms with van der Waals surface area (Å²) in [6.07, 6.45) is -8.30. The number of alkyl carbamates (subject to hydrolysis) is 1. The summed E-state index contributed by atoms with van der Waals surface area (Å²) < 4.78 is 30.2. The third-order valence-electron chi connectivity index (χ3n) is 14.7. The van der Waals surface area contributed by atoms with Crippen molar-refractivity contribution in [3.8, 4) is 0 Å². The van der Waals surface area contributed by atoms with Gasteiger partial charge < -0.3 is 49.4 Å². The van der Waals surface area contributed by atoms with Gasteiger partial charge in [0.25, 0.3) is 0 Å². The van der Waals surface area contributed by atoms with Crippen LogP contribution >= 0.6 is 11.8 Å². The Kier molecular flexibility index (Phi) is 14.5. The molecule has 13 atom stereocenters. The number of fused-ring (bicyclic) bond motifs is 3. The van der Waals surface area contributed by atoms with Crippen LogP contribution in [0.2, 0.25) is 0 Å². The van der Waals surface area contributed by atoms with Crippen LogP contribution in [0.3, 0.4) is 0 Å². The number of carbonyl (C=O) groups is 6. The molecule has 16 nitrogen and oxygen atoms in total. The molecule has 2 bridgehead atoms. The molecule has 3 fully saturated rings. The second kappa shape index (κ2) is 18.9. The molecule has 64 heavy (non-hydrogen) atoms. The number of aliphatic hydroxyl groups is 4. The SMILES string of the molecule is CCC(=O)O[C@H]1C(=O)[C@@]2(C)C([C@H](OC(=O)c3ccccc3)[C@]3(O)C[C@H](OC(=O)[C@H](O)[C@@H](NC(=O)OC4CCCC4)C4SC=CC4C)C(C)=C1C3(C)C)[C@@](CC)(OC(C)=O)[C@H](O)C[C@@H]2O. The van der Waals surface area contributed by atoms with Gasteiger partial charge >= 0.3 is 30.0 Å². The topological polar surface area (TPSA) is 242 Å². The highest BCUT2D eigenvalue weighted by Crippen LogP contribution is 2.63. The van der Waals surface area contributed by atoms with Gasteiger partial charge in [0.1, 0.15) is 29.5 Å². The molecule has 1 heterocycles. The average Bonchev–Trinajstić information content (AvgIpc) is 3.93. The van der Waals surface area contributed by atoms with Crippen LogP contribution < -0.4 is 5.32 Å². The number of carbonyl (C=O) groups excluding carboxylic acids is 6. The van der Waals surface area contributed by atoms with E-state index in [2.05, 4.69) is 5.32 Å². The lowest BCUT2D eigenvalue weighted by atomic mass is 9.45. The number of aliphatic hydroxyl groups excluding tert-OH is 3. The molecule has 1 aliphatic heterocycles. The highest BCUT2D eigenvalue weighted by Gasteiger charge is 2.75. The van der Waals surface area contributed by atoms with Gasteiger partial charge in [-0.1, -0.05) is 58.9 Å². The number of esters is 4. The summed E-state index contributed by atoms with van der Waals surface area (Å²) in [5.74, 6) is -6.77. The molecule has 0 aromatic heterocycles. The van der Waals surface area contributed by atoms with Crippen LogP contribution in [0.25, 0.3) is 0 Å². The summed E-state index contributed by atoms with van der Waals surface area (Å²) in [5, 5.41) is 53.7. The minimum absolute atomic E-state index is 0.0207. The molecule has 4 aliphatic carbocycles. The van der Waals surface area contributed by atoms with Crippen molar-refractivity contribution < 1.29 is 72.9 Å². The Labute approximate surface area is 377 Å². The van der Waals surface area contributed by atoms with Crippen molar-refractivity contribution in [1.82, 2.24) is 5.32 Å². The van der Waals surface area contributed by atoms with Gasteiger partial charge in [0.05, 0.1) is 35.1 Å². The highest BCUT2D eigenvalue weighted by atomic mass is 32.2. The molecular weight excluding hydrogens is 851 g/mol. The zero-order valence-corrected chi connectivity index (χ0v) is 38.6. The van der Waals surface area contributed by atoms with Gasteiger partial charge in [-0.3, -0.25) is 14.4 Å². The standard InChI is InChI=1S/C47H63NO15S/c1-9-32(52)61-36-33-25(4)29(60-42(56)35(53)34(37-24(3)20-21-64-37)48-43(57)59-28-18-14-15-19-28)23-47(58,44(33,6)7)40(62-41(55)27-16-12-11-13-17-27)38-45(8,39(36)54)30(50)22-31(51)46(38,10-2)63-26(5)49/h11-13,16-17,20-21,24,28-31,34-38,40,50-51,53,58H,9-10,14-15,18-19,22-23H2,1-8H3,(H,48,57)/t24?,29-,30-,31+,34+,35+,36+,37?,38?,40-,45+,46-,47+/m0/s1. The first kappa shape index (κ1) is 49.2. The molecule has 352 valence electrons. The number of hydrogen-bond acceptors (Lipinski definition) is 16. The van der Waals surface area contributed by atoms with Crippen LogP contribution in [0.15, 0.2) is 53.0 Å². The lowest BCUT2D eigenvalue weighted by Gasteiger charge is -2.64. The van der Waals surface area contributed by atoms with Gasteiger partial charge in [0.15, 0.2) is 18.0 Å². The van der Waals surface area contributed by atoms with Gasteiger partial charge in [-0.05, 0) is 80.6 Å². The number of Topliss-reactive ketones (excluding diaryl/α,β-unsaturated/α-hetero) is 1. The summed E-state index contributed by atoms with van der Waals surface area (Å²) in [7, 11) is 0. The van der Waals surface area contributed by atoms with E-state index in [0.29, 0.717) is 12.8 Å². The zero-order valence-electron chi connectivity index (χ0n) is 37.7. The molecule has 6 rings (SSSR count). The van der Waals surface area contributed by atoms with E-state index in [4.69, 9.17) is 23.7 Å². The second-order valence-electron chi connectivity index (χ2n) is 18.7. The summed E-state index contributed by atoms with van der Waals surface area (Å²) >= 11 is 1.30. The fourth-order valence-electron chi connectivity index (χ4n) is 11.0. The Hall–Kier alpha value is -4.29. The number of allylic oxidation sites excluding steroid dienone is 1. The van der Waals surface area contributed by atoms with E-state index >= 15 is 4.79 Å². The van der Waals surface area contributed by atoms with Gasteiger partial charge in [-0.25, -0.2) is 14.4 Å². The Morgan fingerprint density at radius 1 is 0.953 bits per heavy atom. The number of ketones is 1. The molecule has 1 aromatic rings. The molecule has 0 saturated heterocycles. The molecule has 1 aromatic carbocycles. The largest absolute Gasteiger partial charge is 0.456 e. The molecule has 5 aliphatic rings. The second-order valence-corrected chi connectivity index (χ2v) is 19.8. The molecule has 0 spiro atoms. The van der Waals surface area contributed by atoms with Crippen molar-refractivity contribution in [2.75, 3.05) is 0 Å². The molecule has 17 heteroatoms. The van der Waals surface area contributed by atoms with Crippen LogP contribution in [0.5, 0.6) is 0 Å². The Morgan fingerprint density at radius 2 is 1.61 bits per heavy atom. The van der Waals surface area contributed by atoms with Gasteiger partial charge in [0, 0.05) is 36.9 Å². The van der Waals surface area contributed by atoms with E-state index in [1.54, 1.807) is 44.4 Å². The Morgan fingerprint density at radius 3 is 2.19 bits per heavy atom. The van der Waals surface area contributed by atoms with Crippen LogP contribution in [0.4, 0.5) is 4.79 Å². The Bertz CT molecular complexity index is 2030. The first-order valence-electron chi connectivity index (χ1n) is 22.3. The summed E-state index contributed by atoms with van der Waals surface area (Å²) in [6.45, 7) is 12.0. The van der Waals surface area contributed by atoms with Gasteiger partial charge in [-0.2, -0.15) is 0 Å². The fraction of sp³-hybridized carbons (Fsp3) is 0.660. The molecule has 0 radical (unpaired) electrons. The molecular formula is C47H63NO15S. The zero-order chi connectivity index (χ0) is 47.1. The molecule has 1 amide bonds. The normalized spacial score (nSPS) is 35.5. The predicted molar refractivity (Wildman–Crippen MR) is 231 cm³/mol. The maximum atomic E-state index is 15.7. The number of nitrogens with one attached hydrogen (secondary N) is 1. The molecule has 3 saturated carbocycles. The maximum Gasteiger partial charge on any atom is 0.407 e. The smallest absolute Gasteiger partial charge is 0.407 e. The van der Waals surface area contributed by atoms with E-state index in [1.165, 1.54) is 44.7 Å². The lowest BCUT2D eigenvalue weighted by molar-refractivity contribution is -0.284. The van der Waals surface area contributed by atoms with Crippen LogP contribution in [-0.4, -0.2) is 121 Å². The van der Waals surface area contributed by atoms with Gasteiger partial charge in [-0.15, -0.1) is 11.8 Å². The minimum atomic E-state index is -2.47. The van der Waals surface area contributed by atoms with Gasteiger partial charge in [0.2, 0.25) is 0 Å². The number of ether oxygens (including phenoxy) is 5. The monoisotopic (exact) mass is 913 g/mol. The lowest BCUT2D eigenvalue weighted by Crippen LogP contribution is -2.77. The van der Waals surface area contributed by atoms with E-state index < -0.39 is 124 Å². The first-order chi connectivity index (χ1) is 30.1. The van der Waals surface area contributed by atoms with Crippen molar-refractivity contribution in [1.29, 1.82) is 0 Å². The number of benzene rings is 1. The highest BCUT2D eigenvalue weighted by molar-refractivity contribution is 8.03. The van der Waals surface area contributed by atoms with Crippen molar-refractivity contribution >= 4 is 47.5 Å².